The fourth-order valence-electron chi connectivity index (χ4n) is 11.9. The lowest BCUT2D eigenvalue weighted by atomic mass is 9.44. The van der Waals surface area contributed by atoms with Crippen LogP contribution in [0.25, 0.3) is 113 Å². The van der Waals surface area contributed by atoms with Crippen molar-refractivity contribution in [1.82, 2.24) is 9.05 Å². The predicted molar refractivity (Wildman–Crippen MR) is 272 cm³/mol. The smallest absolute Gasteiger partial charge is 0.333 e. The molecule has 298 valence electrons. The number of para-hydroxylation sites is 1. The lowest BCUT2D eigenvalue weighted by Crippen LogP contribution is -2.55. The van der Waals surface area contributed by atoms with Crippen LogP contribution in [-0.4, -0.2) is 15.9 Å². The third-order valence-corrected chi connectivity index (χ3v) is 16.2. The van der Waals surface area contributed by atoms with E-state index in [2.05, 4.69) is 193 Å². The molecule has 12 aromatic rings. The zero-order valence-corrected chi connectivity index (χ0v) is 37.7. The number of thiophene rings is 1. The third-order valence-electron chi connectivity index (χ3n) is 15.0. The van der Waals surface area contributed by atoms with E-state index in [-0.39, 0.29) is 23.1 Å². The Hall–Kier alpha value is -6.10. The first-order valence-corrected chi connectivity index (χ1v) is 23.3. The summed E-state index contributed by atoms with van der Waals surface area (Å²) >= 11 is 1.93. The zero-order chi connectivity index (χ0) is 42.1. The molecule has 0 spiro atoms. The number of hydrogen-bond donors (Lipinski definition) is 0. The van der Waals surface area contributed by atoms with Gasteiger partial charge in [0.05, 0.1) is 16.7 Å². The molecule has 0 aliphatic carbocycles. The molecule has 0 amide bonds. The molecule has 0 unspecified atom stereocenters. The molecule has 5 heterocycles. The van der Waals surface area contributed by atoms with Crippen LogP contribution >= 0.6 is 11.3 Å². The fourth-order valence-corrected chi connectivity index (χ4v) is 13.1. The average Bonchev–Trinajstić information content (AvgIpc) is 3.88. The van der Waals surface area contributed by atoms with E-state index in [0.29, 0.717) is 0 Å². The summed E-state index contributed by atoms with van der Waals surface area (Å²) in [6.45, 7) is 21.2. The number of nitrogens with zero attached hydrogens (tertiary/aromatic N) is 2. The molecule has 0 saturated heterocycles. The quantitative estimate of drug-likeness (QED) is 0.107. The summed E-state index contributed by atoms with van der Waals surface area (Å²) in [5.41, 5.74) is 16.4. The van der Waals surface area contributed by atoms with Crippen LogP contribution < -0.4 is 10.9 Å². The molecule has 0 saturated carbocycles. The van der Waals surface area contributed by atoms with Gasteiger partial charge < -0.3 is 9.05 Å². The van der Waals surface area contributed by atoms with Crippen molar-refractivity contribution in [1.29, 1.82) is 0 Å². The molecule has 14 rings (SSSR count). The van der Waals surface area contributed by atoms with Crippen molar-refractivity contribution in [2.75, 3.05) is 0 Å². The maximum atomic E-state index is 2.78. The summed E-state index contributed by atoms with van der Waals surface area (Å²) in [6.07, 6.45) is 0. The van der Waals surface area contributed by atoms with Crippen LogP contribution in [0.5, 0.6) is 0 Å². The number of fused-ring (bicyclic) bond motifs is 15. The molecule has 62 heavy (non-hydrogen) atoms. The Morgan fingerprint density at radius 3 is 1.89 bits per heavy atom. The largest absolute Gasteiger partial charge is 0.375 e. The van der Waals surface area contributed by atoms with Crippen molar-refractivity contribution in [2.24, 2.45) is 0 Å². The monoisotopic (exact) mass is 814 g/mol. The minimum absolute atomic E-state index is 0.0190. The first-order chi connectivity index (χ1) is 29.6. The van der Waals surface area contributed by atoms with E-state index >= 15 is 0 Å². The highest BCUT2D eigenvalue weighted by atomic mass is 32.1. The minimum atomic E-state index is -0.0485. The summed E-state index contributed by atoms with van der Waals surface area (Å²) in [5, 5.41) is 16.2. The summed E-state index contributed by atoms with van der Waals surface area (Å²) in [7, 11) is 0. The Kier molecular flexibility index (Phi) is 6.35. The van der Waals surface area contributed by atoms with Crippen LogP contribution in [0, 0.1) is 0 Å². The van der Waals surface area contributed by atoms with E-state index in [0.717, 1.165) is 0 Å². The molecule has 4 heteroatoms. The van der Waals surface area contributed by atoms with E-state index in [1.54, 1.807) is 0 Å². The third kappa shape index (κ3) is 4.27. The Labute approximate surface area is 365 Å². The lowest BCUT2D eigenvalue weighted by molar-refractivity contribution is 0.590. The molecule has 0 bridgehead atoms. The summed E-state index contributed by atoms with van der Waals surface area (Å²) in [4.78, 5) is 0. The van der Waals surface area contributed by atoms with Gasteiger partial charge in [0.2, 0.25) is 0 Å². The van der Waals surface area contributed by atoms with Crippen LogP contribution in [0.3, 0.4) is 0 Å². The molecule has 3 aromatic heterocycles. The van der Waals surface area contributed by atoms with Crippen molar-refractivity contribution in [3.05, 3.63) is 138 Å². The Morgan fingerprint density at radius 1 is 0.452 bits per heavy atom. The van der Waals surface area contributed by atoms with Crippen molar-refractivity contribution in [3.8, 4) is 16.8 Å². The van der Waals surface area contributed by atoms with Gasteiger partial charge in [0.1, 0.15) is 0 Å². The van der Waals surface area contributed by atoms with E-state index in [1.807, 2.05) is 11.3 Å². The van der Waals surface area contributed by atoms with Gasteiger partial charge in [-0.05, 0) is 107 Å². The van der Waals surface area contributed by atoms with Crippen LogP contribution in [0.15, 0.2) is 121 Å². The Balaban J connectivity index is 1.25. The number of aromatic nitrogens is 2. The number of benzene rings is 9. The summed E-state index contributed by atoms with van der Waals surface area (Å²) < 4.78 is 8.19. The van der Waals surface area contributed by atoms with E-state index in [4.69, 9.17) is 0 Å². The first kappa shape index (κ1) is 35.5. The van der Waals surface area contributed by atoms with Gasteiger partial charge in [-0.15, -0.1) is 11.3 Å². The van der Waals surface area contributed by atoms with Gasteiger partial charge in [-0.25, -0.2) is 0 Å². The minimum Gasteiger partial charge on any atom is -0.375 e. The highest BCUT2D eigenvalue weighted by molar-refractivity contribution is 7.25. The molecule has 0 atom stereocenters. The zero-order valence-electron chi connectivity index (χ0n) is 36.9. The van der Waals surface area contributed by atoms with Gasteiger partial charge in [-0.1, -0.05) is 147 Å². The maximum absolute atomic E-state index is 2.78. The van der Waals surface area contributed by atoms with Gasteiger partial charge >= 0.3 is 6.85 Å². The van der Waals surface area contributed by atoms with Crippen molar-refractivity contribution < 1.29 is 0 Å². The van der Waals surface area contributed by atoms with Gasteiger partial charge in [0, 0.05) is 69.1 Å². The van der Waals surface area contributed by atoms with E-state index in [9.17, 15) is 0 Å². The molecule has 9 aromatic carbocycles. The molecule has 2 nitrogen and oxygen atoms in total. The second-order valence-corrected chi connectivity index (χ2v) is 22.8. The summed E-state index contributed by atoms with van der Waals surface area (Å²) in [5.74, 6) is 0. The van der Waals surface area contributed by atoms with Gasteiger partial charge in [-0.3, -0.25) is 0 Å². The average molecular weight is 815 g/mol. The van der Waals surface area contributed by atoms with Crippen molar-refractivity contribution >= 4 is 125 Å². The van der Waals surface area contributed by atoms with Crippen LogP contribution in [-0.2, 0) is 16.2 Å². The highest BCUT2D eigenvalue weighted by Crippen LogP contribution is 2.51. The molecule has 0 N–H and O–H groups in total. The molecule has 0 radical (unpaired) electrons. The highest BCUT2D eigenvalue weighted by Gasteiger charge is 2.44. The molecular formula is C58H47BN2S. The lowest BCUT2D eigenvalue weighted by Gasteiger charge is -2.36. The van der Waals surface area contributed by atoms with Gasteiger partial charge in [0.15, 0.2) is 0 Å². The van der Waals surface area contributed by atoms with Crippen LogP contribution in [0.4, 0.5) is 0 Å². The summed E-state index contributed by atoms with van der Waals surface area (Å²) in [6, 6.07) is 48.4. The van der Waals surface area contributed by atoms with Crippen LogP contribution in [0.2, 0.25) is 0 Å². The van der Waals surface area contributed by atoms with Gasteiger partial charge in [0.25, 0.3) is 0 Å². The fraction of sp³-hybridized carbons (Fsp3) is 0.207. The van der Waals surface area contributed by atoms with Crippen molar-refractivity contribution in [2.45, 2.75) is 78.6 Å². The molecule has 2 aliphatic rings. The van der Waals surface area contributed by atoms with Crippen molar-refractivity contribution in [3.63, 3.8) is 0 Å². The first-order valence-electron chi connectivity index (χ1n) is 22.5. The second kappa shape index (κ2) is 11.1. The number of rotatable bonds is 0. The molecule has 0 fully saturated rings. The van der Waals surface area contributed by atoms with E-state index in [1.165, 1.54) is 141 Å². The SMILES string of the molecule is CC(C)(C)c1cc2ccc3c4c5c(c6ccc(c1)c2c36)-n1c2ccc(C(C)(C)C)cc2c2cc(C(C)(C)C)cc(c21)B5n1c2cc3sc5ccccc5c3cc2c2cccc-4c21. The molecule has 2 aliphatic heterocycles. The van der Waals surface area contributed by atoms with Crippen LogP contribution in [0.1, 0.15) is 79.0 Å². The normalized spacial score (nSPS) is 14.2. The second-order valence-electron chi connectivity index (χ2n) is 21.8. The predicted octanol–water partition coefficient (Wildman–Crippen LogP) is 15.0. The molecular weight excluding hydrogens is 768 g/mol. The Bertz CT molecular complexity index is 4020. The van der Waals surface area contributed by atoms with Gasteiger partial charge in [-0.2, -0.15) is 0 Å². The topological polar surface area (TPSA) is 9.86 Å². The standard InChI is InChI=1S/C58H47BN2S/c1-56(2,3)32-19-22-45-40(25-32)43-26-34(58(7,8)9)27-44-54(43)60(45)55-39-21-18-31-24-33(57(4,5)6)23-30-17-20-37(50(39)49(30)31)51-38-15-12-14-36-41-28-42-35-13-10-11-16-47(35)62-48(42)29-46(41)61(53(36)38)59(44)52(51)55/h10-29H,1-9H3. The maximum Gasteiger partial charge on any atom is 0.333 e. The number of hydrogen-bond acceptors (Lipinski definition) is 1. The Morgan fingerprint density at radius 2 is 1.13 bits per heavy atom. The van der Waals surface area contributed by atoms with E-state index < -0.39 is 0 Å².